The van der Waals surface area contributed by atoms with E-state index in [1.54, 1.807) is 0 Å². The molecule has 126 valence electrons. The number of carbonyl (C=O) groups excluding carboxylic acids is 1. The van der Waals surface area contributed by atoms with E-state index in [1.165, 1.54) is 5.56 Å². The van der Waals surface area contributed by atoms with E-state index >= 15 is 0 Å². The van der Waals surface area contributed by atoms with E-state index in [0.29, 0.717) is 23.8 Å². The smallest absolute Gasteiger partial charge is 0.226 e. The van der Waals surface area contributed by atoms with Crippen molar-refractivity contribution in [3.05, 3.63) is 35.9 Å². The normalized spacial score (nSPS) is 30.4. The van der Waals surface area contributed by atoms with Crippen LogP contribution < -0.4 is 0 Å². The van der Waals surface area contributed by atoms with Gasteiger partial charge in [-0.25, -0.2) is 0 Å². The number of likely N-dealkylation sites (tertiary alicyclic amines) is 1. The number of rotatable bonds is 3. The van der Waals surface area contributed by atoms with Crippen LogP contribution in [0.25, 0.3) is 0 Å². The van der Waals surface area contributed by atoms with Crippen molar-refractivity contribution in [2.75, 3.05) is 13.2 Å². The van der Waals surface area contributed by atoms with E-state index in [9.17, 15) is 4.79 Å². The Kier molecular flexibility index (Phi) is 5.05. The van der Waals surface area contributed by atoms with Crippen LogP contribution >= 0.6 is 0 Å². The topological polar surface area (TPSA) is 29.5 Å². The molecule has 2 heterocycles. The summed E-state index contributed by atoms with van der Waals surface area (Å²) in [7, 11) is 0. The summed E-state index contributed by atoms with van der Waals surface area (Å²) in [6.45, 7) is 8.15. The minimum atomic E-state index is 0.110. The van der Waals surface area contributed by atoms with Crippen molar-refractivity contribution in [2.24, 2.45) is 11.8 Å². The molecule has 0 radical (unpaired) electrons. The van der Waals surface area contributed by atoms with Gasteiger partial charge in [-0.05, 0) is 44.6 Å². The minimum absolute atomic E-state index is 0.110. The molecule has 2 fully saturated rings. The second-order valence-electron chi connectivity index (χ2n) is 7.33. The van der Waals surface area contributed by atoms with Crippen molar-refractivity contribution in [3.8, 4) is 0 Å². The lowest BCUT2D eigenvalue weighted by Crippen LogP contribution is -2.44. The maximum absolute atomic E-state index is 13.1. The first kappa shape index (κ1) is 16.5. The van der Waals surface area contributed by atoms with Crippen LogP contribution in [-0.4, -0.2) is 36.1 Å². The van der Waals surface area contributed by atoms with Gasteiger partial charge in [-0.15, -0.1) is 0 Å². The van der Waals surface area contributed by atoms with Crippen LogP contribution in [0.15, 0.2) is 30.3 Å². The maximum atomic E-state index is 13.1. The van der Waals surface area contributed by atoms with Gasteiger partial charge >= 0.3 is 0 Å². The Hall–Kier alpha value is -1.35. The fourth-order valence-electron chi connectivity index (χ4n) is 4.46. The molecule has 0 aromatic heterocycles. The first-order valence-electron chi connectivity index (χ1n) is 9.04. The van der Waals surface area contributed by atoms with Crippen LogP contribution in [0.5, 0.6) is 0 Å². The van der Waals surface area contributed by atoms with Crippen LogP contribution in [-0.2, 0) is 9.53 Å². The van der Waals surface area contributed by atoms with Crippen molar-refractivity contribution < 1.29 is 9.53 Å². The molecule has 3 nitrogen and oxygen atoms in total. The third-order valence-corrected chi connectivity index (χ3v) is 5.94. The summed E-state index contributed by atoms with van der Waals surface area (Å²) in [6, 6.07) is 11.3. The largest absolute Gasteiger partial charge is 0.381 e. The zero-order valence-corrected chi connectivity index (χ0v) is 14.6. The molecule has 1 amide bonds. The van der Waals surface area contributed by atoms with Crippen molar-refractivity contribution in [3.63, 3.8) is 0 Å². The molecule has 3 rings (SSSR count). The summed E-state index contributed by atoms with van der Waals surface area (Å²) in [6.07, 6.45) is 3.11. The van der Waals surface area contributed by atoms with Gasteiger partial charge in [0.15, 0.2) is 0 Å². The molecule has 0 aliphatic carbocycles. The lowest BCUT2D eigenvalue weighted by Gasteiger charge is -2.34. The highest BCUT2D eigenvalue weighted by Crippen LogP contribution is 2.39. The van der Waals surface area contributed by atoms with E-state index in [2.05, 4.69) is 56.0 Å². The second kappa shape index (κ2) is 7.04. The summed E-state index contributed by atoms with van der Waals surface area (Å²) in [5.41, 5.74) is 1.36. The lowest BCUT2D eigenvalue weighted by molar-refractivity contribution is -0.140. The zero-order chi connectivity index (χ0) is 16.4. The number of amides is 1. The highest BCUT2D eigenvalue weighted by atomic mass is 16.5. The van der Waals surface area contributed by atoms with Crippen LogP contribution in [0.1, 0.15) is 51.5 Å². The van der Waals surface area contributed by atoms with E-state index < -0.39 is 0 Å². The molecule has 3 heteroatoms. The van der Waals surface area contributed by atoms with Gasteiger partial charge in [-0.2, -0.15) is 0 Å². The molecule has 1 aromatic rings. The van der Waals surface area contributed by atoms with E-state index in [1.807, 2.05) is 0 Å². The van der Waals surface area contributed by atoms with E-state index in [0.717, 1.165) is 32.5 Å². The van der Waals surface area contributed by atoms with Gasteiger partial charge in [0.2, 0.25) is 5.91 Å². The molecular formula is C20H29NO2. The Morgan fingerprint density at radius 2 is 1.83 bits per heavy atom. The SMILES string of the molecule is C[C@H](C(=O)N1[C@H](C)C[C@@H](c2ccccc2)[C@@H]1C)C1CCOCC1. The molecule has 23 heavy (non-hydrogen) atoms. The Balaban J connectivity index is 1.72. The fraction of sp³-hybridized carbons (Fsp3) is 0.650. The highest BCUT2D eigenvalue weighted by molar-refractivity contribution is 5.80. The van der Waals surface area contributed by atoms with Crippen LogP contribution in [0.4, 0.5) is 0 Å². The molecule has 0 saturated carbocycles. The Bertz CT molecular complexity index is 524. The number of carbonyl (C=O) groups is 1. The Labute approximate surface area is 140 Å². The number of nitrogens with zero attached hydrogens (tertiary/aromatic N) is 1. The molecule has 0 unspecified atom stereocenters. The average molecular weight is 315 g/mol. The molecule has 2 saturated heterocycles. The molecule has 4 atom stereocenters. The number of hydrogen-bond donors (Lipinski definition) is 0. The molecule has 0 spiro atoms. The third kappa shape index (κ3) is 3.30. The monoisotopic (exact) mass is 315 g/mol. The Morgan fingerprint density at radius 1 is 1.17 bits per heavy atom. The van der Waals surface area contributed by atoms with Crippen molar-refractivity contribution in [1.29, 1.82) is 0 Å². The second-order valence-corrected chi connectivity index (χ2v) is 7.33. The third-order valence-electron chi connectivity index (χ3n) is 5.94. The number of hydrogen-bond acceptors (Lipinski definition) is 2. The summed E-state index contributed by atoms with van der Waals surface area (Å²) < 4.78 is 5.45. The molecule has 0 N–H and O–H groups in total. The molecule has 2 aliphatic heterocycles. The van der Waals surface area contributed by atoms with E-state index in [-0.39, 0.29) is 12.0 Å². The number of benzene rings is 1. The predicted molar refractivity (Wildman–Crippen MR) is 92.3 cm³/mol. The van der Waals surface area contributed by atoms with Crippen molar-refractivity contribution >= 4 is 5.91 Å². The molecule has 1 aromatic carbocycles. The first-order chi connectivity index (χ1) is 11.1. The minimum Gasteiger partial charge on any atom is -0.381 e. The highest BCUT2D eigenvalue weighted by Gasteiger charge is 2.42. The summed E-state index contributed by atoms with van der Waals surface area (Å²) in [5, 5.41) is 0. The first-order valence-corrected chi connectivity index (χ1v) is 9.04. The molecule has 0 bridgehead atoms. The number of ether oxygens (including phenoxy) is 1. The van der Waals surface area contributed by atoms with Gasteiger partial charge in [0.25, 0.3) is 0 Å². The quantitative estimate of drug-likeness (QED) is 0.848. The van der Waals surface area contributed by atoms with Gasteiger partial charge in [-0.3, -0.25) is 4.79 Å². The zero-order valence-electron chi connectivity index (χ0n) is 14.6. The standard InChI is InChI=1S/C20H29NO2/c1-14-13-19(18-7-5-4-6-8-18)16(3)21(14)20(22)15(2)17-9-11-23-12-10-17/h4-8,14-17,19H,9-13H2,1-3H3/t14-,15+,16+,19-/m1/s1. The van der Waals surface area contributed by atoms with Crippen LogP contribution in [0, 0.1) is 11.8 Å². The average Bonchev–Trinajstić information content (AvgIpc) is 2.89. The summed E-state index contributed by atoms with van der Waals surface area (Å²) >= 11 is 0. The summed E-state index contributed by atoms with van der Waals surface area (Å²) in [5.74, 6) is 1.39. The summed E-state index contributed by atoms with van der Waals surface area (Å²) in [4.78, 5) is 15.3. The predicted octanol–water partition coefficient (Wildman–Crippen LogP) is 3.84. The van der Waals surface area contributed by atoms with Gasteiger partial charge in [0, 0.05) is 37.1 Å². The van der Waals surface area contributed by atoms with Gasteiger partial charge in [0.05, 0.1) is 0 Å². The molecule has 2 aliphatic rings. The van der Waals surface area contributed by atoms with Crippen LogP contribution in [0.2, 0.25) is 0 Å². The van der Waals surface area contributed by atoms with Gasteiger partial charge < -0.3 is 9.64 Å². The van der Waals surface area contributed by atoms with Crippen molar-refractivity contribution in [1.82, 2.24) is 4.90 Å². The Morgan fingerprint density at radius 3 is 2.48 bits per heavy atom. The van der Waals surface area contributed by atoms with E-state index in [4.69, 9.17) is 4.74 Å². The fourth-order valence-corrected chi connectivity index (χ4v) is 4.46. The maximum Gasteiger partial charge on any atom is 0.226 e. The van der Waals surface area contributed by atoms with Gasteiger partial charge in [0.1, 0.15) is 0 Å². The van der Waals surface area contributed by atoms with Gasteiger partial charge in [-0.1, -0.05) is 37.3 Å². The lowest BCUT2D eigenvalue weighted by atomic mass is 9.86. The van der Waals surface area contributed by atoms with Crippen molar-refractivity contribution in [2.45, 2.75) is 58.0 Å². The van der Waals surface area contributed by atoms with Crippen LogP contribution in [0.3, 0.4) is 0 Å². The molecular weight excluding hydrogens is 286 g/mol.